The van der Waals surface area contributed by atoms with Crippen LogP contribution in [0, 0.1) is 17.6 Å². The Kier molecular flexibility index (Phi) is 5.06. The normalized spacial score (nSPS) is 22.5. The zero-order chi connectivity index (χ0) is 18.1. The maximum atomic E-state index is 13.5. The van der Waals surface area contributed by atoms with Crippen LogP contribution in [-0.2, 0) is 9.59 Å². The van der Waals surface area contributed by atoms with Crippen LogP contribution in [0.1, 0.15) is 50.6 Å². The van der Waals surface area contributed by atoms with Gasteiger partial charge in [0, 0.05) is 26.1 Å². The van der Waals surface area contributed by atoms with Gasteiger partial charge in [0.25, 0.3) is 0 Å². The summed E-state index contributed by atoms with van der Waals surface area (Å²) in [5, 5.41) is 0. The van der Waals surface area contributed by atoms with Crippen molar-refractivity contribution in [3.05, 3.63) is 35.4 Å². The van der Waals surface area contributed by atoms with Gasteiger partial charge in [-0.05, 0) is 37.5 Å². The van der Waals surface area contributed by atoms with Gasteiger partial charge in [-0.15, -0.1) is 0 Å². The summed E-state index contributed by atoms with van der Waals surface area (Å²) in [4.78, 5) is 28.5. The molecule has 136 valence electrons. The predicted molar refractivity (Wildman–Crippen MR) is 89.6 cm³/mol. The fraction of sp³-hybridized carbons (Fsp3) is 0.579. The third-order valence-corrected chi connectivity index (χ3v) is 5.63. The Morgan fingerprint density at radius 1 is 1.24 bits per heavy atom. The first-order valence-electron chi connectivity index (χ1n) is 8.89. The first kappa shape index (κ1) is 17.8. The molecule has 2 aliphatic rings. The minimum atomic E-state index is -0.923. The van der Waals surface area contributed by atoms with Crippen molar-refractivity contribution in [2.45, 2.75) is 51.1 Å². The number of hydrogen-bond donors (Lipinski definition) is 0. The maximum absolute atomic E-state index is 13.5. The van der Waals surface area contributed by atoms with E-state index in [2.05, 4.69) is 0 Å². The number of carbonyl (C=O) groups excluding carboxylic acids is 2. The average Bonchev–Trinajstić information content (AvgIpc) is 3.24. The summed E-state index contributed by atoms with van der Waals surface area (Å²) in [5.41, 5.74) is 0.534. The van der Waals surface area contributed by atoms with Crippen LogP contribution < -0.4 is 0 Å². The molecule has 1 heterocycles. The molecule has 0 N–H and O–H groups in total. The van der Waals surface area contributed by atoms with E-state index in [9.17, 15) is 18.4 Å². The van der Waals surface area contributed by atoms with Gasteiger partial charge in [-0.25, -0.2) is 8.78 Å². The minimum absolute atomic E-state index is 0.0547. The Hall–Kier alpha value is -1.98. The molecular weight excluding hydrogens is 326 g/mol. The van der Waals surface area contributed by atoms with Crippen molar-refractivity contribution in [3.8, 4) is 0 Å². The highest BCUT2D eigenvalue weighted by molar-refractivity contribution is 5.89. The minimum Gasteiger partial charge on any atom is -0.339 e. The Bertz CT molecular complexity index is 673. The fourth-order valence-electron chi connectivity index (χ4n) is 3.94. The second-order valence-corrected chi connectivity index (χ2v) is 7.18. The van der Waals surface area contributed by atoms with Crippen LogP contribution in [0.4, 0.5) is 8.78 Å². The molecule has 3 rings (SSSR count). The molecule has 25 heavy (non-hydrogen) atoms. The number of halogens is 2. The summed E-state index contributed by atoms with van der Waals surface area (Å²) >= 11 is 0. The zero-order valence-electron chi connectivity index (χ0n) is 14.7. The Labute approximate surface area is 146 Å². The largest absolute Gasteiger partial charge is 0.339 e. The van der Waals surface area contributed by atoms with Gasteiger partial charge in [0.05, 0.1) is 12.0 Å². The number of benzene rings is 1. The van der Waals surface area contributed by atoms with E-state index in [0.717, 1.165) is 37.8 Å². The molecule has 1 saturated heterocycles. The first-order valence-corrected chi connectivity index (χ1v) is 8.89. The number of carbonyl (C=O) groups is 2. The molecule has 2 unspecified atom stereocenters. The molecule has 0 aromatic heterocycles. The lowest BCUT2D eigenvalue weighted by atomic mass is 10.0. The molecule has 0 spiro atoms. The number of hydrogen-bond acceptors (Lipinski definition) is 2. The Morgan fingerprint density at radius 3 is 2.56 bits per heavy atom. The first-order chi connectivity index (χ1) is 11.9. The van der Waals surface area contributed by atoms with Crippen LogP contribution in [0.15, 0.2) is 18.2 Å². The smallest absolute Gasteiger partial charge is 0.228 e. The lowest BCUT2D eigenvalue weighted by Crippen LogP contribution is -2.38. The van der Waals surface area contributed by atoms with Gasteiger partial charge in [0.1, 0.15) is 0 Å². The van der Waals surface area contributed by atoms with Gasteiger partial charge < -0.3 is 9.80 Å². The molecule has 0 bridgehead atoms. The monoisotopic (exact) mass is 350 g/mol. The van der Waals surface area contributed by atoms with E-state index in [-0.39, 0.29) is 30.2 Å². The summed E-state index contributed by atoms with van der Waals surface area (Å²) in [7, 11) is 1.65. The highest BCUT2D eigenvalue weighted by atomic mass is 19.2. The highest BCUT2D eigenvalue weighted by Gasteiger charge is 2.40. The lowest BCUT2D eigenvalue weighted by Gasteiger charge is -2.28. The maximum Gasteiger partial charge on any atom is 0.228 e. The van der Waals surface area contributed by atoms with Crippen LogP contribution in [-0.4, -0.2) is 41.2 Å². The van der Waals surface area contributed by atoms with Gasteiger partial charge in [0.15, 0.2) is 11.6 Å². The lowest BCUT2D eigenvalue weighted by molar-refractivity contribution is -0.136. The summed E-state index contributed by atoms with van der Waals surface area (Å²) < 4.78 is 26.6. The van der Waals surface area contributed by atoms with E-state index in [1.807, 2.05) is 4.90 Å². The van der Waals surface area contributed by atoms with E-state index >= 15 is 0 Å². The Balaban J connectivity index is 1.67. The SMILES string of the molecule is CC(c1ccc(F)c(F)c1)N(C)C(=O)C1CC(=O)N(C2CCCC2)C1. The van der Waals surface area contributed by atoms with E-state index in [4.69, 9.17) is 0 Å². The third-order valence-electron chi connectivity index (χ3n) is 5.63. The third kappa shape index (κ3) is 3.53. The molecule has 1 aliphatic heterocycles. The van der Waals surface area contributed by atoms with Gasteiger partial charge in [-0.3, -0.25) is 9.59 Å². The van der Waals surface area contributed by atoms with Crippen molar-refractivity contribution in [2.24, 2.45) is 5.92 Å². The van der Waals surface area contributed by atoms with Crippen molar-refractivity contribution in [1.82, 2.24) is 9.80 Å². The molecule has 2 fully saturated rings. The van der Waals surface area contributed by atoms with Crippen molar-refractivity contribution in [2.75, 3.05) is 13.6 Å². The highest BCUT2D eigenvalue weighted by Crippen LogP contribution is 2.31. The van der Waals surface area contributed by atoms with Gasteiger partial charge in [0.2, 0.25) is 11.8 Å². The average molecular weight is 350 g/mol. The molecule has 2 atom stereocenters. The van der Waals surface area contributed by atoms with Crippen LogP contribution >= 0.6 is 0 Å². The van der Waals surface area contributed by atoms with Gasteiger partial charge >= 0.3 is 0 Å². The number of likely N-dealkylation sites (tertiary alicyclic amines) is 1. The number of amides is 2. The zero-order valence-corrected chi connectivity index (χ0v) is 14.7. The second-order valence-electron chi connectivity index (χ2n) is 7.18. The molecule has 0 radical (unpaired) electrons. The van der Waals surface area contributed by atoms with Crippen molar-refractivity contribution in [1.29, 1.82) is 0 Å². The van der Waals surface area contributed by atoms with Crippen molar-refractivity contribution >= 4 is 11.8 Å². The van der Waals surface area contributed by atoms with Crippen molar-refractivity contribution in [3.63, 3.8) is 0 Å². The summed E-state index contributed by atoms with van der Waals surface area (Å²) in [5.74, 6) is -2.25. The van der Waals surface area contributed by atoms with E-state index in [0.29, 0.717) is 12.1 Å². The van der Waals surface area contributed by atoms with E-state index in [1.165, 1.54) is 11.0 Å². The van der Waals surface area contributed by atoms with Crippen LogP contribution in [0.2, 0.25) is 0 Å². The molecule has 1 aromatic carbocycles. The molecule has 4 nitrogen and oxygen atoms in total. The standard InChI is InChI=1S/C19H24F2N2O2/c1-12(13-7-8-16(20)17(21)9-13)22(2)19(25)14-10-18(24)23(11-14)15-5-3-4-6-15/h7-9,12,14-15H,3-6,10-11H2,1-2H3. The molecule has 1 aliphatic carbocycles. The second kappa shape index (κ2) is 7.10. The molecule has 1 aromatic rings. The van der Waals surface area contributed by atoms with Crippen LogP contribution in [0.25, 0.3) is 0 Å². The number of nitrogens with zero attached hydrogens (tertiary/aromatic N) is 2. The molecule has 6 heteroatoms. The summed E-state index contributed by atoms with van der Waals surface area (Å²) in [6, 6.07) is 3.56. The van der Waals surface area contributed by atoms with Gasteiger partial charge in [-0.1, -0.05) is 18.9 Å². The summed E-state index contributed by atoms with van der Waals surface area (Å²) in [6.45, 7) is 2.24. The fourth-order valence-corrected chi connectivity index (χ4v) is 3.94. The van der Waals surface area contributed by atoms with E-state index < -0.39 is 17.7 Å². The van der Waals surface area contributed by atoms with E-state index in [1.54, 1.807) is 14.0 Å². The summed E-state index contributed by atoms with van der Waals surface area (Å²) in [6.07, 6.45) is 4.56. The van der Waals surface area contributed by atoms with Gasteiger partial charge in [-0.2, -0.15) is 0 Å². The molecular formula is C19H24F2N2O2. The molecule has 2 amide bonds. The molecule has 1 saturated carbocycles. The Morgan fingerprint density at radius 2 is 1.92 bits per heavy atom. The van der Waals surface area contributed by atoms with Crippen LogP contribution in [0.5, 0.6) is 0 Å². The quantitative estimate of drug-likeness (QED) is 0.836. The predicted octanol–water partition coefficient (Wildman–Crippen LogP) is 3.28. The topological polar surface area (TPSA) is 40.6 Å². The number of rotatable bonds is 4. The van der Waals surface area contributed by atoms with Crippen molar-refractivity contribution < 1.29 is 18.4 Å². The van der Waals surface area contributed by atoms with Crippen LogP contribution in [0.3, 0.4) is 0 Å².